The van der Waals surface area contributed by atoms with Crippen LogP contribution in [0.2, 0.25) is 0 Å². The summed E-state index contributed by atoms with van der Waals surface area (Å²) < 4.78 is 5.14. The molecule has 1 aliphatic rings. The van der Waals surface area contributed by atoms with E-state index in [0.717, 1.165) is 25.8 Å². The molecule has 1 aliphatic heterocycles. The number of ether oxygens (including phenoxy) is 1. The molecule has 0 radical (unpaired) electrons. The van der Waals surface area contributed by atoms with E-state index < -0.39 is 0 Å². The van der Waals surface area contributed by atoms with Crippen LogP contribution < -0.4 is 0 Å². The maximum absolute atomic E-state index is 11.9. The van der Waals surface area contributed by atoms with E-state index in [1.54, 1.807) is 0 Å². The number of hydrogen-bond acceptors (Lipinski definition) is 3. The Morgan fingerprint density at radius 2 is 1.55 bits per heavy atom. The monoisotopic (exact) mass is 281 g/mol. The number of carbonyl (C=O) groups excluding carboxylic acids is 1. The van der Waals surface area contributed by atoms with Crippen LogP contribution >= 0.6 is 0 Å². The maximum atomic E-state index is 11.9. The molecule has 20 heavy (non-hydrogen) atoms. The topological polar surface area (TPSA) is 38.7 Å². The SMILES string of the molecule is CCOC(=O)C1C=NCCCCCCCCCCCC1. The number of aliphatic imine (C=N–C) groups is 1. The van der Waals surface area contributed by atoms with Crippen LogP contribution in [-0.4, -0.2) is 25.3 Å². The molecule has 0 aliphatic carbocycles. The van der Waals surface area contributed by atoms with Gasteiger partial charge in [-0.2, -0.15) is 0 Å². The summed E-state index contributed by atoms with van der Waals surface area (Å²) in [5, 5.41) is 0. The average molecular weight is 281 g/mol. The molecular weight excluding hydrogens is 250 g/mol. The third-order valence-corrected chi connectivity index (χ3v) is 3.93. The van der Waals surface area contributed by atoms with Crippen LogP contribution in [0.25, 0.3) is 0 Å². The van der Waals surface area contributed by atoms with Crippen molar-refractivity contribution in [1.29, 1.82) is 0 Å². The number of nitrogens with zero attached hydrogens (tertiary/aromatic N) is 1. The molecule has 0 aromatic rings. The van der Waals surface area contributed by atoms with Gasteiger partial charge in [0.25, 0.3) is 0 Å². The molecule has 0 N–H and O–H groups in total. The zero-order valence-electron chi connectivity index (χ0n) is 13.1. The standard InChI is InChI=1S/C17H31NO2/c1-2-20-17(19)16-13-11-9-7-5-3-4-6-8-10-12-14-18-15-16/h15-16H,2-14H2,1H3. The molecule has 1 atom stereocenters. The van der Waals surface area contributed by atoms with E-state index in [4.69, 9.17) is 4.74 Å². The highest BCUT2D eigenvalue weighted by Gasteiger charge is 2.16. The van der Waals surface area contributed by atoms with Crippen molar-refractivity contribution in [3.63, 3.8) is 0 Å². The minimum Gasteiger partial charge on any atom is -0.465 e. The fraction of sp³-hybridized carbons (Fsp3) is 0.882. The number of hydrogen-bond donors (Lipinski definition) is 0. The Hall–Kier alpha value is -0.860. The van der Waals surface area contributed by atoms with Crippen molar-refractivity contribution >= 4 is 12.2 Å². The van der Waals surface area contributed by atoms with Crippen LogP contribution in [-0.2, 0) is 9.53 Å². The summed E-state index contributed by atoms with van der Waals surface area (Å²) in [7, 11) is 0. The second kappa shape index (κ2) is 11.9. The summed E-state index contributed by atoms with van der Waals surface area (Å²) in [4.78, 5) is 16.3. The first-order valence-corrected chi connectivity index (χ1v) is 8.51. The molecule has 0 amide bonds. The second-order valence-corrected chi connectivity index (χ2v) is 5.74. The predicted octanol–water partition coefficient (Wildman–Crippen LogP) is 4.54. The van der Waals surface area contributed by atoms with Crippen molar-refractivity contribution in [2.45, 2.75) is 77.6 Å². The van der Waals surface area contributed by atoms with Crippen LogP contribution in [0.5, 0.6) is 0 Å². The van der Waals surface area contributed by atoms with E-state index in [2.05, 4.69) is 4.99 Å². The van der Waals surface area contributed by atoms with Gasteiger partial charge in [0.05, 0.1) is 12.5 Å². The summed E-state index contributed by atoms with van der Waals surface area (Å²) in [6, 6.07) is 0. The van der Waals surface area contributed by atoms with Crippen LogP contribution in [0.1, 0.15) is 77.6 Å². The van der Waals surface area contributed by atoms with Crippen molar-refractivity contribution in [1.82, 2.24) is 0 Å². The molecule has 0 saturated heterocycles. The number of carbonyl (C=O) groups is 1. The lowest BCUT2D eigenvalue weighted by molar-refractivity contribution is -0.145. The fourth-order valence-electron chi connectivity index (χ4n) is 2.69. The molecule has 1 heterocycles. The Labute approximate surface area is 124 Å². The van der Waals surface area contributed by atoms with Crippen LogP contribution in [0.3, 0.4) is 0 Å². The van der Waals surface area contributed by atoms with E-state index in [0.29, 0.717) is 6.61 Å². The molecule has 0 spiro atoms. The van der Waals surface area contributed by atoms with Crippen molar-refractivity contribution in [3.05, 3.63) is 0 Å². The third-order valence-electron chi connectivity index (χ3n) is 3.93. The van der Waals surface area contributed by atoms with Crippen LogP contribution in [0.15, 0.2) is 4.99 Å². The maximum Gasteiger partial charge on any atom is 0.314 e. The molecule has 3 nitrogen and oxygen atoms in total. The van der Waals surface area contributed by atoms with Crippen molar-refractivity contribution < 1.29 is 9.53 Å². The van der Waals surface area contributed by atoms with Gasteiger partial charge >= 0.3 is 5.97 Å². The fourth-order valence-corrected chi connectivity index (χ4v) is 2.69. The lowest BCUT2D eigenvalue weighted by Gasteiger charge is -2.11. The molecule has 0 aromatic heterocycles. The number of rotatable bonds is 2. The van der Waals surface area contributed by atoms with Crippen molar-refractivity contribution in [2.75, 3.05) is 13.2 Å². The number of esters is 1. The van der Waals surface area contributed by atoms with Gasteiger partial charge in [0.2, 0.25) is 0 Å². The lowest BCUT2D eigenvalue weighted by Crippen LogP contribution is -2.19. The van der Waals surface area contributed by atoms with Crippen molar-refractivity contribution in [3.8, 4) is 0 Å². The normalized spacial score (nSPS) is 23.6. The molecule has 0 saturated carbocycles. The average Bonchev–Trinajstić information content (AvgIpc) is 2.45. The Bertz CT molecular complexity index is 276. The minimum atomic E-state index is -0.125. The van der Waals surface area contributed by atoms with E-state index in [9.17, 15) is 4.79 Å². The highest BCUT2D eigenvalue weighted by Crippen LogP contribution is 2.15. The Morgan fingerprint density at radius 3 is 2.15 bits per heavy atom. The summed E-state index contributed by atoms with van der Waals surface area (Å²) in [5.41, 5.74) is 0. The van der Waals surface area contributed by atoms with Gasteiger partial charge in [0.1, 0.15) is 0 Å². The predicted molar refractivity (Wildman–Crippen MR) is 84.3 cm³/mol. The summed E-state index contributed by atoms with van der Waals surface area (Å²) in [5.74, 6) is -0.222. The van der Waals surface area contributed by atoms with Gasteiger partial charge in [-0.1, -0.05) is 57.8 Å². The van der Waals surface area contributed by atoms with Gasteiger partial charge in [-0.15, -0.1) is 0 Å². The van der Waals surface area contributed by atoms with Gasteiger partial charge in [0.15, 0.2) is 0 Å². The minimum absolute atomic E-state index is 0.0967. The Kier molecular flexibility index (Phi) is 10.3. The lowest BCUT2D eigenvalue weighted by atomic mass is 10.0. The summed E-state index contributed by atoms with van der Waals surface area (Å²) >= 11 is 0. The summed E-state index contributed by atoms with van der Waals surface area (Å²) in [6.07, 6.45) is 15.6. The van der Waals surface area contributed by atoms with Crippen LogP contribution in [0, 0.1) is 5.92 Å². The molecular formula is C17H31NO2. The molecule has 0 fully saturated rings. The van der Waals surface area contributed by atoms with Gasteiger partial charge < -0.3 is 4.74 Å². The largest absolute Gasteiger partial charge is 0.465 e. The molecule has 3 heteroatoms. The third kappa shape index (κ3) is 8.34. The quantitative estimate of drug-likeness (QED) is 0.697. The molecule has 116 valence electrons. The Morgan fingerprint density at radius 1 is 1.00 bits per heavy atom. The van der Waals surface area contributed by atoms with E-state index in [1.807, 2.05) is 13.1 Å². The molecule has 1 unspecified atom stereocenters. The first-order valence-electron chi connectivity index (χ1n) is 8.51. The zero-order valence-corrected chi connectivity index (χ0v) is 13.1. The van der Waals surface area contributed by atoms with E-state index >= 15 is 0 Å². The van der Waals surface area contributed by atoms with Gasteiger partial charge in [-0.05, 0) is 19.8 Å². The van der Waals surface area contributed by atoms with Crippen LogP contribution in [0.4, 0.5) is 0 Å². The first kappa shape index (κ1) is 17.2. The van der Waals surface area contributed by atoms with Gasteiger partial charge in [-0.3, -0.25) is 9.79 Å². The molecule has 0 aromatic carbocycles. The smallest absolute Gasteiger partial charge is 0.314 e. The second-order valence-electron chi connectivity index (χ2n) is 5.74. The van der Waals surface area contributed by atoms with E-state index in [1.165, 1.54) is 51.4 Å². The highest BCUT2D eigenvalue weighted by atomic mass is 16.5. The molecule has 1 rings (SSSR count). The highest BCUT2D eigenvalue weighted by molar-refractivity contribution is 5.89. The van der Waals surface area contributed by atoms with Gasteiger partial charge in [-0.25, -0.2) is 0 Å². The van der Waals surface area contributed by atoms with E-state index in [-0.39, 0.29) is 11.9 Å². The molecule has 0 bridgehead atoms. The Balaban J connectivity index is 2.42. The zero-order chi connectivity index (χ0) is 14.5. The first-order chi connectivity index (χ1) is 9.84. The van der Waals surface area contributed by atoms with Crippen molar-refractivity contribution in [2.24, 2.45) is 10.9 Å². The summed E-state index contributed by atoms with van der Waals surface area (Å²) in [6.45, 7) is 3.18. The van der Waals surface area contributed by atoms with Gasteiger partial charge in [0, 0.05) is 12.8 Å².